The van der Waals surface area contributed by atoms with Crippen molar-refractivity contribution in [3.8, 4) is 0 Å². The van der Waals surface area contributed by atoms with Crippen LogP contribution in [0.1, 0.15) is 24.2 Å². The van der Waals surface area contributed by atoms with E-state index >= 15 is 0 Å². The normalized spacial score (nSPS) is 12.4. The molecule has 1 rings (SSSR count). The van der Waals surface area contributed by atoms with Gasteiger partial charge >= 0.3 is 0 Å². The molecule has 1 amide bonds. The van der Waals surface area contributed by atoms with E-state index in [1.165, 1.54) is 0 Å². The lowest BCUT2D eigenvalue weighted by molar-refractivity contribution is 0.0942. The highest BCUT2D eigenvalue weighted by molar-refractivity contribution is 7.86. The van der Waals surface area contributed by atoms with Crippen LogP contribution in [0.3, 0.4) is 0 Å². The summed E-state index contributed by atoms with van der Waals surface area (Å²) in [7, 11) is -9.45. The number of hydrogen-bond donors (Lipinski definition) is 3. The summed E-state index contributed by atoms with van der Waals surface area (Å²) in [5.74, 6) is -0.740. The number of carbonyl (C=O) groups excluding carboxylic acids is 1. The number of hydrogen-bond acceptors (Lipinski definition) is 5. The van der Waals surface area contributed by atoms with Crippen molar-refractivity contribution >= 4 is 26.1 Å². The Morgan fingerprint density at radius 3 is 1.70 bits per heavy atom. The Bertz CT molecular complexity index is 685. The van der Waals surface area contributed by atoms with Crippen LogP contribution in [0.25, 0.3) is 0 Å². The first-order valence-corrected chi connectivity index (χ1v) is 8.20. The van der Waals surface area contributed by atoms with E-state index in [1.54, 1.807) is 13.8 Å². The second-order valence-corrected chi connectivity index (χ2v) is 7.11. The molecule has 0 radical (unpaired) electrons. The number of carbonyl (C=O) groups is 1. The van der Waals surface area contributed by atoms with E-state index in [4.69, 9.17) is 9.11 Å². The quantitative estimate of drug-likeness (QED) is 0.678. The minimum absolute atomic E-state index is 0.272. The highest BCUT2D eigenvalue weighted by Crippen LogP contribution is 2.19. The molecule has 0 bridgehead atoms. The van der Waals surface area contributed by atoms with Gasteiger partial charge in [0.05, 0.1) is 9.79 Å². The average molecular weight is 323 g/mol. The molecule has 0 aliphatic carbocycles. The molecule has 0 unspecified atom stereocenters. The van der Waals surface area contributed by atoms with Crippen LogP contribution in [0.4, 0.5) is 0 Å². The van der Waals surface area contributed by atoms with Gasteiger partial charge in [-0.05, 0) is 32.0 Å². The summed E-state index contributed by atoms with van der Waals surface area (Å²) in [4.78, 5) is 10.1. The molecule has 0 aromatic heterocycles. The molecule has 20 heavy (non-hydrogen) atoms. The second kappa shape index (κ2) is 5.48. The first kappa shape index (κ1) is 16.6. The molecule has 8 nitrogen and oxygen atoms in total. The van der Waals surface area contributed by atoms with Crippen LogP contribution in [-0.4, -0.2) is 37.9 Å². The maximum absolute atomic E-state index is 11.7. The molecule has 0 aliphatic rings. The molecule has 0 saturated heterocycles. The maximum atomic E-state index is 11.7. The van der Waals surface area contributed by atoms with E-state index in [-0.39, 0.29) is 11.6 Å². The highest BCUT2D eigenvalue weighted by Gasteiger charge is 2.20. The highest BCUT2D eigenvalue weighted by atomic mass is 32.2. The van der Waals surface area contributed by atoms with Crippen LogP contribution in [0, 0.1) is 0 Å². The van der Waals surface area contributed by atoms with Crippen LogP contribution in [0.15, 0.2) is 28.0 Å². The van der Waals surface area contributed by atoms with Crippen molar-refractivity contribution in [2.24, 2.45) is 0 Å². The molecule has 0 aliphatic heterocycles. The molecule has 3 N–H and O–H groups in total. The summed E-state index contributed by atoms with van der Waals surface area (Å²) < 4.78 is 62.1. The van der Waals surface area contributed by atoms with Crippen LogP contribution in [0.5, 0.6) is 0 Å². The summed E-state index contributed by atoms with van der Waals surface area (Å²) in [6.07, 6.45) is 0. The van der Waals surface area contributed by atoms with E-state index in [2.05, 4.69) is 5.32 Å². The van der Waals surface area contributed by atoms with E-state index in [0.717, 1.165) is 12.1 Å². The number of rotatable bonds is 4. The fourth-order valence-electron chi connectivity index (χ4n) is 1.35. The van der Waals surface area contributed by atoms with Crippen LogP contribution >= 0.6 is 0 Å². The van der Waals surface area contributed by atoms with Crippen LogP contribution < -0.4 is 5.32 Å². The van der Waals surface area contributed by atoms with Crippen molar-refractivity contribution < 1.29 is 30.7 Å². The zero-order chi connectivity index (χ0) is 15.7. The number of nitrogens with one attached hydrogen (secondary N) is 1. The molecular formula is C10H13NO7S2. The van der Waals surface area contributed by atoms with Crippen LogP contribution in [-0.2, 0) is 20.2 Å². The Kier molecular flexibility index (Phi) is 4.54. The maximum Gasteiger partial charge on any atom is 0.294 e. The Balaban J connectivity index is 3.51. The zero-order valence-electron chi connectivity index (χ0n) is 10.6. The minimum atomic E-state index is -4.73. The molecule has 1 aromatic carbocycles. The largest absolute Gasteiger partial charge is 0.350 e. The SMILES string of the molecule is CC(C)NC(=O)c1cc(S(=O)(=O)O)cc(S(=O)(=O)O)c1. The fourth-order valence-corrected chi connectivity index (χ4v) is 2.52. The molecule has 0 atom stereocenters. The lowest BCUT2D eigenvalue weighted by Gasteiger charge is -2.10. The smallest absolute Gasteiger partial charge is 0.294 e. The molecule has 112 valence electrons. The molecule has 0 fully saturated rings. The van der Waals surface area contributed by atoms with Crippen molar-refractivity contribution in [3.05, 3.63) is 23.8 Å². The minimum Gasteiger partial charge on any atom is -0.350 e. The van der Waals surface area contributed by atoms with Crippen molar-refractivity contribution in [1.82, 2.24) is 5.32 Å². The van der Waals surface area contributed by atoms with Crippen molar-refractivity contribution in [2.75, 3.05) is 0 Å². The third kappa shape index (κ3) is 4.27. The molecule has 1 aromatic rings. The number of benzene rings is 1. The third-order valence-electron chi connectivity index (χ3n) is 2.16. The standard InChI is InChI=1S/C10H13NO7S2/c1-6(2)11-10(12)7-3-8(19(13,14)15)5-9(4-7)20(16,17)18/h3-6H,1-2H3,(H,11,12)(H,13,14,15)(H,16,17,18). The molecule has 0 heterocycles. The average Bonchev–Trinajstić information content (AvgIpc) is 2.25. The van der Waals surface area contributed by atoms with Gasteiger partial charge in [0.15, 0.2) is 0 Å². The summed E-state index contributed by atoms with van der Waals surface area (Å²) >= 11 is 0. The first-order chi connectivity index (χ1) is 8.91. The van der Waals surface area contributed by atoms with E-state index in [0.29, 0.717) is 6.07 Å². The van der Waals surface area contributed by atoms with Crippen molar-refractivity contribution in [1.29, 1.82) is 0 Å². The lowest BCUT2D eigenvalue weighted by Crippen LogP contribution is -2.30. The van der Waals surface area contributed by atoms with Gasteiger partial charge in [0.2, 0.25) is 0 Å². The van der Waals surface area contributed by atoms with E-state index in [9.17, 15) is 21.6 Å². The fraction of sp³-hybridized carbons (Fsp3) is 0.300. The molecule has 0 spiro atoms. The Hall–Kier alpha value is -1.49. The van der Waals surface area contributed by atoms with Crippen LogP contribution in [0.2, 0.25) is 0 Å². The number of amides is 1. The summed E-state index contributed by atoms with van der Waals surface area (Å²) in [6, 6.07) is 1.89. The summed E-state index contributed by atoms with van der Waals surface area (Å²) in [6.45, 7) is 3.29. The van der Waals surface area contributed by atoms with Gasteiger partial charge in [0.25, 0.3) is 26.1 Å². The van der Waals surface area contributed by atoms with Gasteiger partial charge in [-0.1, -0.05) is 0 Å². The molecule has 10 heteroatoms. The van der Waals surface area contributed by atoms with E-state index in [1.807, 2.05) is 0 Å². The van der Waals surface area contributed by atoms with Crippen molar-refractivity contribution in [2.45, 2.75) is 29.7 Å². The summed E-state index contributed by atoms with van der Waals surface area (Å²) in [5.41, 5.74) is -0.318. The Labute approximate surface area is 116 Å². The summed E-state index contributed by atoms with van der Waals surface area (Å²) in [5, 5.41) is 2.42. The van der Waals surface area contributed by atoms with Gasteiger partial charge in [-0.15, -0.1) is 0 Å². The predicted octanol–water partition coefficient (Wildman–Crippen LogP) is 0.318. The van der Waals surface area contributed by atoms with Crippen molar-refractivity contribution in [3.63, 3.8) is 0 Å². The van der Waals surface area contributed by atoms with Gasteiger partial charge < -0.3 is 5.32 Å². The van der Waals surface area contributed by atoms with Gasteiger partial charge in [0.1, 0.15) is 0 Å². The lowest BCUT2D eigenvalue weighted by atomic mass is 10.2. The molecular weight excluding hydrogens is 310 g/mol. The predicted molar refractivity (Wildman–Crippen MR) is 68.7 cm³/mol. The van der Waals surface area contributed by atoms with Gasteiger partial charge in [0, 0.05) is 11.6 Å². The second-order valence-electron chi connectivity index (χ2n) is 4.27. The monoisotopic (exact) mass is 323 g/mol. The first-order valence-electron chi connectivity index (χ1n) is 5.32. The Morgan fingerprint density at radius 2 is 1.40 bits per heavy atom. The third-order valence-corrected chi connectivity index (χ3v) is 3.82. The van der Waals surface area contributed by atoms with E-state index < -0.39 is 35.9 Å². The zero-order valence-corrected chi connectivity index (χ0v) is 12.2. The molecule has 0 saturated carbocycles. The van der Waals surface area contributed by atoms with Gasteiger partial charge in [-0.2, -0.15) is 16.8 Å². The van der Waals surface area contributed by atoms with Gasteiger partial charge in [-0.25, -0.2) is 0 Å². The van der Waals surface area contributed by atoms with Gasteiger partial charge in [-0.3, -0.25) is 13.9 Å². The topological polar surface area (TPSA) is 138 Å². The Morgan fingerprint density at radius 1 is 1.00 bits per heavy atom.